The second-order valence-electron chi connectivity index (χ2n) is 7.97. The van der Waals surface area contributed by atoms with Crippen molar-refractivity contribution in [3.63, 3.8) is 0 Å². The lowest BCUT2D eigenvalue weighted by Gasteiger charge is -2.21. The third-order valence-electron chi connectivity index (χ3n) is 6.02. The smallest absolute Gasteiger partial charge is 0.317 e. The summed E-state index contributed by atoms with van der Waals surface area (Å²) in [5.41, 5.74) is 1.78. The minimum Gasteiger partial charge on any atom is -0.497 e. The van der Waals surface area contributed by atoms with E-state index in [0.717, 1.165) is 11.1 Å². The Morgan fingerprint density at radius 1 is 1.03 bits per heavy atom. The first kappa shape index (κ1) is 22.6. The Morgan fingerprint density at radius 2 is 1.85 bits per heavy atom. The Hall–Kier alpha value is -3.62. The summed E-state index contributed by atoms with van der Waals surface area (Å²) in [7, 11) is 3.18. The molecule has 0 saturated carbocycles. The third-order valence-corrected chi connectivity index (χ3v) is 6.02. The van der Waals surface area contributed by atoms with E-state index >= 15 is 0 Å². The topological polar surface area (TPSA) is 98.4 Å². The monoisotopic (exact) mass is 455 g/mol. The zero-order valence-electron chi connectivity index (χ0n) is 19.1. The van der Waals surface area contributed by atoms with Crippen LogP contribution in [-0.2, 0) is 11.3 Å². The highest BCUT2D eigenvalue weighted by atomic mass is 16.7. The number of rotatable bonds is 7. The first-order chi connectivity index (χ1) is 16.0. The molecule has 0 unspecified atom stereocenters. The molecule has 4 rings (SSSR count). The van der Waals surface area contributed by atoms with Gasteiger partial charge >= 0.3 is 6.03 Å². The van der Waals surface area contributed by atoms with Crippen LogP contribution in [0.4, 0.5) is 4.79 Å². The van der Waals surface area contributed by atoms with Crippen LogP contribution in [0.5, 0.6) is 23.0 Å². The first-order valence-electron chi connectivity index (χ1n) is 10.9. The number of carbonyl (C=O) groups is 2. The molecule has 2 heterocycles. The van der Waals surface area contributed by atoms with Crippen molar-refractivity contribution in [2.75, 3.05) is 40.6 Å². The van der Waals surface area contributed by atoms with Gasteiger partial charge in [0.05, 0.1) is 20.1 Å². The molecule has 1 saturated heterocycles. The van der Waals surface area contributed by atoms with E-state index in [9.17, 15) is 9.59 Å². The zero-order chi connectivity index (χ0) is 23.4. The van der Waals surface area contributed by atoms with Gasteiger partial charge in [0.15, 0.2) is 11.5 Å². The summed E-state index contributed by atoms with van der Waals surface area (Å²) in [5.74, 6) is 1.90. The van der Waals surface area contributed by atoms with E-state index in [1.54, 1.807) is 25.2 Å². The van der Waals surface area contributed by atoms with Crippen LogP contribution in [0.25, 0.3) is 0 Å². The highest BCUT2D eigenvalue weighted by Gasteiger charge is 2.41. The normalized spacial score (nSPS) is 18.7. The van der Waals surface area contributed by atoms with Gasteiger partial charge in [-0.3, -0.25) is 4.79 Å². The first-order valence-corrected chi connectivity index (χ1v) is 10.9. The molecule has 1 fully saturated rings. The maximum Gasteiger partial charge on any atom is 0.317 e. The average molecular weight is 456 g/mol. The molecule has 2 aromatic rings. The van der Waals surface area contributed by atoms with Gasteiger partial charge in [-0.25, -0.2) is 4.79 Å². The van der Waals surface area contributed by atoms with E-state index in [1.165, 1.54) is 0 Å². The molecule has 0 aromatic heterocycles. The Kier molecular flexibility index (Phi) is 6.76. The number of hydrogen-bond acceptors (Lipinski definition) is 6. The number of carbonyl (C=O) groups excluding carboxylic acids is 2. The molecule has 2 atom stereocenters. The van der Waals surface area contributed by atoms with Crippen molar-refractivity contribution in [1.82, 2.24) is 15.5 Å². The van der Waals surface area contributed by atoms with Gasteiger partial charge in [0.1, 0.15) is 11.5 Å². The average Bonchev–Trinajstić information content (AvgIpc) is 3.49. The Balaban J connectivity index is 1.53. The molecule has 0 radical (unpaired) electrons. The molecule has 0 spiro atoms. The van der Waals surface area contributed by atoms with Gasteiger partial charge in [-0.2, -0.15) is 0 Å². The van der Waals surface area contributed by atoms with E-state index in [2.05, 4.69) is 10.6 Å². The fourth-order valence-corrected chi connectivity index (χ4v) is 4.31. The van der Waals surface area contributed by atoms with Gasteiger partial charge in [0, 0.05) is 43.7 Å². The number of benzene rings is 2. The van der Waals surface area contributed by atoms with Gasteiger partial charge in [-0.05, 0) is 30.7 Å². The molecule has 2 aromatic carbocycles. The molecule has 176 valence electrons. The van der Waals surface area contributed by atoms with Crippen LogP contribution in [0.15, 0.2) is 36.4 Å². The van der Waals surface area contributed by atoms with Crippen molar-refractivity contribution >= 4 is 11.9 Å². The van der Waals surface area contributed by atoms with Crippen molar-refractivity contribution in [2.24, 2.45) is 5.92 Å². The van der Waals surface area contributed by atoms with Crippen LogP contribution in [0.3, 0.4) is 0 Å². The van der Waals surface area contributed by atoms with Crippen LogP contribution in [0.2, 0.25) is 0 Å². The third kappa shape index (κ3) is 4.76. The number of fused-ring (bicyclic) bond motifs is 1. The van der Waals surface area contributed by atoms with Crippen molar-refractivity contribution in [1.29, 1.82) is 0 Å². The number of hydrogen-bond donors (Lipinski definition) is 2. The lowest BCUT2D eigenvalue weighted by molar-refractivity contribution is -0.125. The van der Waals surface area contributed by atoms with Gasteiger partial charge in [-0.15, -0.1) is 0 Å². The van der Waals surface area contributed by atoms with Crippen molar-refractivity contribution < 1.29 is 28.5 Å². The minimum atomic E-state index is -0.427. The number of amides is 3. The SMILES string of the molecule is CCNC(=O)N1C[C@H](C(=O)NCc2ccc3c(c2)OCO3)[C@@H](c2ccc(OC)cc2OC)C1. The van der Waals surface area contributed by atoms with Crippen LogP contribution in [-0.4, -0.2) is 57.5 Å². The summed E-state index contributed by atoms with van der Waals surface area (Å²) in [4.78, 5) is 27.5. The second kappa shape index (κ2) is 9.89. The number of urea groups is 1. The number of nitrogens with zero attached hydrogens (tertiary/aromatic N) is 1. The summed E-state index contributed by atoms with van der Waals surface area (Å²) < 4.78 is 21.7. The largest absolute Gasteiger partial charge is 0.497 e. The van der Waals surface area contributed by atoms with Crippen LogP contribution >= 0.6 is 0 Å². The minimum absolute atomic E-state index is 0.123. The van der Waals surface area contributed by atoms with Crippen LogP contribution < -0.4 is 29.6 Å². The van der Waals surface area contributed by atoms with E-state index in [4.69, 9.17) is 18.9 Å². The molecule has 0 bridgehead atoms. The van der Waals surface area contributed by atoms with E-state index < -0.39 is 5.92 Å². The molecule has 0 aliphatic carbocycles. The lowest BCUT2D eigenvalue weighted by Crippen LogP contribution is -2.39. The highest BCUT2D eigenvalue weighted by molar-refractivity contribution is 5.83. The Morgan fingerprint density at radius 3 is 2.61 bits per heavy atom. The standard InChI is InChI=1S/C24H29N3O6/c1-4-25-24(29)27-12-18(17-7-6-16(30-2)10-21(17)31-3)19(13-27)23(28)26-11-15-5-8-20-22(9-15)33-14-32-20/h5-10,18-19H,4,11-14H2,1-3H3,(H,25,29)(H,26,28)/t18-,19+/m1/s1. The van der Waals surface area contributed by atoms with E-state index in [-0.39, 0.29) is 24.6 Å². The molecule has 3 amide bonds. The summed E-state index contributed by atoms with van der Waals surface area (Å²) in [6.45, 7) is 3.67. The molecular formula is C24H29N3O6. The predicted molar refractivity (Wildman–Crippen MR) is 121 cm³/mol. The molecule has 2 aliphatic heterocycles. The Bertz CT molecular complexity index is 1030. The molecule has 2 aliphatic rings. The van der Waals surface area contributed by atoms with Gasteiger partial charge in [-0.1, -0.05) is 12.1 Å². The number of likely N-dealkylation sites (tertiary alicyclic amines) is 1. The van der Waals surface area contributed by atoms with Crippen molar-refractivity contribution in [3.8, 4) is 23.0 Å². The maximum atomic E-state index is 13.3. The summed E-state index contributed by atoms with van der Waals surface area (Å²) in [6, 6.07) is 11.0. The Labute approximate surface area is 192 Å². The lowest BCUT2D eigenvalue weighted by atomic mass is 9.87. The molecule has 33 heavy (non-hydrogen) atoms. The fraction of sp³-hybridized carbons (Fsp3) is 0.417. The van der Waals surface area contributed by atoms with Crippen LogP contribution in [0.1, 0.15) is 24.0 Å². The quantitative estimate of drug-likeness (QED) is 0.666. The van der Waals surface area contributed by atoms with E-state index in [1.807, 2.05) is 37.3 Å². The van der Waals surface area contributed by atoms with Crippen LogP contribution in [0, 0.1) is 5.92 Å². The molecule has 2 N–H and O–H groups in total. The molecule has 9 heteroatoms. The summed E-state index contributed by atoms with van der Waals surface area (Å²) >= 11 is 0. The van der Waals surface area contributed by atoms with Gasteiger partial charge in [0.2, 0.25) is 12.7 Å². The fourth-order valence-electron chi connectivity index (χ4n) is 4.31. The summed E-state index contributed by atoms with van der Waals surface area (Å²) in [5, 5.41) is 5.85. The van der Waals surface area contributed by atoms with Crippen molar-refractivity contribution in [2.45, 2.75) is 19.4 Å². The number of methoxy groups -OCH3 is 2. The summed E-state index contributed by atoms with van der Waals surface area (Å²) in [6.07, 6.45) is 0. The number of ether oxygens (including phenoxy) is 4. The predicted octanol–water partition coefficient (Wildman–Crippen LogP) is 2.49. The number of nitrogens with one attached hydrogen (secondary N) is 2. The second-order valence-corrected chi connectivity index (χ2v) is 7.97. The van der Waals surface area contributed by atoms with Crippen molar-refractivity contribution in [3.05, 3.63) is 47.5 Å². The maximum absolute atomic E-state index is 13.3. The van der Waals surface area contributed by atoms with Gasteiger partial charge < -0.3 is 34.5 Å². The zero-order valence-corrected chi connectivity index (χ0v) is 19.1. The molecule has 9 nitrogen and oxygen atoms in total. The molecular weight excluding hydrogens is 426 g/mol. The van der Waals surface area contributed by atoms with E-state index in [0.29, 0.717) is 49.2 Å². The highest BCUT2D eigenvalue weighted by Crippen LogP contribution is 2.39. The van der Waals surface area contributed by atoms with Gasteiger partial charge in [0.25, 0.3) is 0 Å².